The Bertz CT molecular complexity index is 3230. The molecule has 0 fully saturated rings. The first-order valence-electron chi connectivity index (χ1n) is 22.4. The Morgan fingerprint density at radius 1 is 0.645 bits per heavy atom. The number of para-hydroxylation sites is 4. The van der Waals surface area contributed by atoms with Gasteiger partial charge in [-0.15, -0.1) is 0 Å². The molecule has 2 heterocycles. The number of halogens is 8. The third kappa shape index (κ3) is 16.3. The number of carbonyl (C=O) groups excluding carboxylic acids is 3. The lowest BCUT2D eigenvalue weighted by Crippen LogP contribution is -2.28. The van der Waals surface area contributed by atoms with Crippen molar-refractivity contribution in [1.29, 1.82) is 0 Å². The summed E-state index contributed by atoms with van der Waals surface area (Å²) in [6.45, 7) is 2.89. The molecule has 2 amide bonds. The summed E-state index contributed by atoms with van der Waals surface area (Å²) in [7, 11) is 0. The van der Waals surface area contributed by atoms with Gasteiger partial charge in [0.25, 0.3) is 0 Å². The monoisotopic (exact) mass is 1100 g/mol. The smallest absolute Gasteiger partial charge is 0.416 e. The zero-order chi connectivity index (χ0) is 54.5. The van der Waals surface area contributed by atoms with Crippen molar-refractivity contribution in [2.75, 3.05) is 26.3 Å². The van der Waals surface area contributed by atoms with Crippen LogP contribution in [0.4, 0.5) is 26.3 Å². The maximum absolute atomic E-state index is 13.4. The molecule has 8 rings (SSSR count). The van der Waals surface area contributed by atoms with Crippen molar-refractivity contribution >= 4 is 69.2 Å². The highest BCUT2D eigenvalue weighted by Gasteiger charge is 2.35. The van der Waals surface area contributed by atoms with Crippen LogP contribution >= 0.6 is 23.2 Å². The first-order chi connectivity index (χ1) is 35.6. The molecule has 0 aliphatic heterocycles. The number of esters is 1. The number of carbonyl (C=O) groups is 4. The summed E-state index contributed by atoms with van der Waals surface area (Å²) < 4.78 is 102. The van der Waals surface area contributed by atoms with E-state index in [4.69, 9.17) is 46.6 Å². The summed E-state index contributed by atoms with van der Waals surface area (Å²) in [5, 5.41) is 23.5. The molecule has 22 heteroatoms. The second-order valence-electron chi connectivity index (χ2n) is 16.1. The van der Waals surface area contributed by atoms with E-state index in [0.29, 0.717) is 49.9 Å². The summed E-state index contributed by atoms with van der Waals surface area (Å²) in [5.74, 6) is -3.35. The van der Waals surface area contributed by atoms with Gasteiger partial charge >= 0.3 is 24.3 Å². The first-order valence-corrected chi connectivity index (χ1v) is 23.2. The van der Waals surface area contributed by atoms with Crippen molar-refractivity contribution < 1.29 is 74.0 Å². The van der Waals surface area contributed by atoms with Crippen molar-refractivity contribution in [2.45, 2.75) is 52.1 Å². The van der Waals surface area contributed by atoms with Gasteiger partial charge in [0.15, 0.2) is 11.2 Å². The quantitative estimate of drug-likeness (QED) is 0.0430. The van der Waals surface area contributed by atoms with Crippen LogP contribution in [0.25, 0.3) is 45.1 Å². The lowest BCUT2D eigenvalue weighted by Gasteiger charge is -2.21. The van der Waals surface area contributed by atoms with Gasteiger partial charge in [-0.25, -0.2) is 14.8 Å². The number of hydrogen-bond acceptors (Lipinski definition) is 11. The van der Waals surface area contributed by atoms with E-state index >= 15 is 0 Å². The number of alkyl halides is 6. The van der Waals surface area contributed by atoms with E-state index < -0.39 is 47.4 Å². The molecule has 4 N–H and O–H groups in total. The number of nitrogens with zero attached hydrogens (tertiary/aromatic N) is 2. The number of carboxylic acid groups (broad SMARTS) is 1. The van der Waals surface area contributed by atoms with Crippen LogP contribution in [-0.2, 0) is 42.7 Å². The Hall–Kier alpha value is -7.94. The van der Waals surface area contributed by atoms with E-state index in [0.717, 1.165) is 24.3 Å². The molecule has 0 spiro atoms. The molecular formula is C54H48Cl2F6N4O10. The van der Waals surface area contributed by atoms with Gasteiger partial charge < -0.3 is 39.2 Å². The normalized spacial score (nSPS) is 11.9. The highest BCUT2D eigenvalue weighted by molar-refractivity contribution is 6.31. The fraction of sp³-hybridized carbons (Fsp3) is 0.222. The van der Waals surface area contributed by atoms with Crippen molar-refractivity contribution in [3.8, 4) is 28.7 Å². The van der Waals surface area contributed by atoms with Crippen LogP contribution in [0.15, 0.2) is 142 Å². The molecule has 8 aromatic rings. The molecule has 0 bridgehead atoms. The summed E-state index contributed by atoms with van der Waals surface area (Å²) in [6.07, 6.45) is -10.9. The van der Waals surface area contributed by atoms with Crippen LogP contribution in [0.5, 0.6) is 5.75 Å². The summed E-state index contributed by atoms with van der Waals surface area (Å²) in [5.41, 5.74) is 1.66. The highest BCUT2D eigenvalue weighted by Crippen LogP contribution is 2.39. The van der Waals surface area contributed by atoms with Gasteiger partial charge in [0.1, 0.15) is 23.4 Å². The van der Waals surface area contributed by atoms with Gasteiger partial charge in [-0.2, -0.15) is 26.3 Å². The number of aliphatic carboxylic acids is 1. The van der Waals surface area contributed by atoms with E-state index in [2.05, 4.69) is 20.6 Å². The van der Waals surface area contributed by atoms with Crippen LogP contribution < -0.4 is 15.4 Å². The van der Waals surface area contributed by atoms with Gasteiger partial charge in [0.05, 0.1) is 35.8 Å². The zero-order valence-corrected chi connectivity index (χ0v) is 41.0. The fourth-order valence-electron chi connectivity index (χ4n) is 7.12. The molecule has 14 nitrogen and oxygen atoms in total. The first kappa shape index (κ1) is 58.9. The molecule has 0 aliphatic rings. The van der Waals surface area contributed by atoms with Crippen molar-refractivity contribution in [1.82, 2.24) is 20.6 Å². The maximum Gasteiger partial charge on any atom is 0.416 e. The molecular weight excluding hydrogens is 1050 g/mol. The molecule has 400 valence electrons. The van der Waals surface area contributed by atoms with E-state index in [-0.39, 0.29) is 79.6 Å². The molecule has 0 radical (unpaired) electrons. The minimum Gasteiger partial charge on any atom is -0.481 e. The van der Waals surface area contributed by atoms with E-state index in [1.165, 1.54) is 56.3 Å². The summed E-state index contributed by atoms with van der Waals surface area (Å²) in [4.78, 5) is 54.9. The number of ether oxygens (including phenoxy) is 2. The maximum atomic E-state index is 13.4. The standard InChI is InChI=1S/C26H20ClF3N2O5.C23H15ClF3NO3.C4H9NO2.CH4/c1-15(33)31-11-12-35-25(34)23(16-5-4-6-17(13-16)26(28,29)30)36-21-10-9-18(27)14-19(21)24-32-20-7-2-3-8-22(20)37-24;24-16-9-8-14(17(12-16)21-28-19-6-1-2-7-20(19)31-21)11-18(22(29)30)13-4-3-5-15(10-13)23(25,26)27;1-4(7)5-2-3-6;/h2-10,13-14,23H,11-12H2,1H3,(H,31,33);1-10,12,18H,11H2,(H,29,30);6H,2-3H2,1H3,(H,5,7);1H4. The number of aliphatic hydroxyl groups excluding tert-OH is 1. The van der Waals surface area contributed by atoms with Crippen LogP contribution in [0.1, 0.15) is 61.1 Å². The molecule has 0 saturated carbocycles. The molecule has 2 unspecified atom stereocenters. The van der Waals surface area contributed by atoms with Gasteiger partial charge in [-0.1, -0.05) is 91.3 Å². The van der Waals surface area contributed by atoms with E-state index in [9.17, 15) is 50.6 Å². The van der Waals surface area contributed by atoms with Crippen molar-refractivity contribution in [3.05, 3.63) is 171 Å². The van der Waals surface area contributed by atoms with Crippen molar-refractivity contribution in [2.24, 2.45) is 0 Å². The SMILES string of the molecule is C.CC(=O)NCCO.CC(=O)NCCOC(=O)C(Oc1ccc(Cl)cc1-c1nc2ccccc2o1)c1cccc(C(F)(F)F)c1.O=C(O)C(Cc1ccc(Cl)cc1-c1nc2ccccc2o1)c1cccc(C(F)(F)F)c1. The van der Waals surface area contributed by atoms with E-state index in [1.54, 1.807) is 60.7 Å². The van der Waals surface area contributed by atoms with Crippen LogP contribution in [0.2, 0.25) is 10.0 Å². The third-order valence-electron chi connectivity index (χ3n) is 10.6. The third-order valence-corrected chi connectivity index (χ3v) is 11.1. The zero-order valence-electron chi connectivity index (χ0n) is 39.5. The fourth-order valence-corrected chi connectivity index (χ4v) is 7.46. The number of benzene rings is 6. The minimum absolute atomic E-state index is 0. The van der Waals surface area contributed by atoms with Gasteiger partial charge in [0, 0.05) is 41.6 Å². The average Bonchev–Trinajstić information content (AvgIpc) is 4.02. The molecule has 0 saturated heterocycles. The second-order valence-corrected chi connectivity index (χ2v) is 17.0. The Kier molecular flexibility index (Phi) is 20.6. The minimum atomic E-state index is -4.64. The Labute approximate surface area is 440 Å². The number of nitrogens with one attached hydrogen (secondary N) is 2. The number of aliphatic hydroxyl groups is 1. The number of amides is 2. The van der Waals surface area contributed by atoms with E-state index in [1.807, 2.05) is 6.07 Å². The van der Waals surface area contributed by atoms with Crippen LogP contribution in [-0.4, -0.2) is 70.2 Å². The van der Waals surface area contributed by atoms with Gasteiger partial charge in [0.2, 0.25) is 29.7 Å². The number of carboxylic acids is 1. The lowest BCUT2D eigenvalue weighted by molar-refractivity contribution is -0.152. The second kappa shape index (κ2) is 26.5. The molecule has 2 aromatic heterocycles. The molecule has 0 aliphatic carbocycles. The number of hydrogen-bond donors (Lipinski definition) is 4. The van der Waals surface area contributed by atoms with Crippen LogP contribution in [0.3, 0.4) is 0 Å². The number of aromatic nitrogens is 2. The summed E-state index contributed by atoms with van der Waals surface area (Å²) in [6, 6.07) is 32.0. The Morgan fingerprint density at radius 2 is 1.14 bits per heavy atom. The van der Waals surface area contributed by atoms with Gasteiger partial charge in [-0.3, -0.25) is 14.4 Å². The Morgan fingerprint density at radius 3 is 1.66 bits per heavy atom. The molecule has 6 aromatic carbocycles. The van der Waals surface area contributed by atoms with Gasteiger partial charge in [-0.05, 0) is 90.3 Å². The largest absolute Gasteiger partial charge is 0.481 e. The molecule has 76 heavy (non-hydrogen) atoms. The highest BCUT2D eigenvalue weighted by atomic mass is 35.5. The predicted octanol–water partition coefficient (Wildman–Crippen LogP) is 12.3. The lowest BCUT2D eigenvalue weighted by atomic mass is 9.89. The topological polar surface area (TPSA) is 203 Å². The number of oxazole rings is 2. The van der Waals surface area contributed by atoms with Crippen LogP contribution in [0, 0.1) is 0 Å². The predicted molar refractivity (Wildman–Crippen MR) is 271 cm³/mol. The number of rotatable bonds is 15. The van der Waals surface area contributed by atoms with Crippen molar-refractivity contribution in [3.63, 3.8) is 0 Å². The number of fused-ring (bicyclic) bond motifs is 2. The summed E-state index contributed by atoms with van der Waals surface area (Å²) >= 11 is 12.3. The molecule has 2 atom stereocenters. The Balaban J connectivity index is 0.000000249. The average molecular weight is 1100 g/mol.